The maximum absolute atomic E-state index is 10.2. The van der Waals surface area contributed by atoms with E-state index in [2.05, 4.69) is 0 Å². The second-order valence-corrected chi connectivity index (χ2v) is 3.67. The van der Waals surface area contributed by atoms with Gasteiger partial charge in [0, 0.05) is 19.6 Å². The maximum Gasteiger partial charge on any atom is 0.304 e. The lowest BCUT2D eigenvalue weighted by Gasteiger charge is -2.17. The molecule has 1 heterocycles. The van der Waals surface area contributed by atoms with E-state index in [0.717, 1.165) is 13.0 Å². The summed E-state index contributed by atoms with van der Waals surface area (Å²) in [5.74, 6) is -0.776. The molecule has 0 spiro atoms. The van der Waals surface area contributed by atoms with Gasteiger partial charge >= 0.3 is 5.97 Å². The first-order valence-corrected chi connectivity index (χ1v) is 4.16. The highest BCUT2D eigenvalue weighted by Crippen LogP contribution is 2.19. The molecule has 1 atom stereocenters. The molecule has 0 aromatic rings. The van der Waals surface area contributed by atoms with Gasteiger partial charge in [-0.2, -0.15) is 0 Å². The Hall–Kier alpha value is -0.610. The van der Waals surface area contributed by atoms with Crippen molar-refractivity contribution in [3.8, 4) is 0 Å². The summed E-state index contributed by atoms with van der Waals surface area (Å²) in [6, 6.07) is 0. The number of aliphatic carboxylic acids is 1. The van der Waals surface area contributed by atoms with Crippen LogP contribution in [0.15, 0.2) is 0 Å². The van der Waals surface area contributed by atoms with Crippen LogP contribution < -0.4 is 0 Å². The van der Waals surface area contributed by atoms with Crippen LogP contribution in [0.3, 0.4) is 0 Å². The van der Waals surface area contributed by atoms with Gasteiger partial charge in [0.05, 0.1) is 12.0 Å². The molecule has 1 aliphatic heterocycles. The Morgan fingerprint density at radius 1 is 1.67 bits per heavy atom. The van der Waals surface area contributed by atoms with Crippen LogP contribution in [0.4, 0.5) is 0 Å². The van der Waals surface area contributed by atoms with E-state index < -0.39 is 11.6 Å². The zero-order chi connectivity index (χ0) is 9.19. The number of carboxylic acid groups (broad SMARTS) is 1. The summed E-state index contributed by atoms with van der Waals surface area (Å²) in [6.07, 6.45) is 0.905. The molecule has 1 rings (SSSR count). The summed E-state index contributed by atoms with van der Waals surface area (Å²) in [5.41, 5.74) is -0.613. The number of aliphatic hydroxyl groups is 1. The van der Waals surface area contributed by atoms with Gasteiger partial charge < -0.3 is 10.2 Å². The van der Waals surface area contributed by atoms with E-state index in [1.165, 1.54) is 0 Å². The van der Waals surface area contributed by atoms with Crippen molar-refractivity contribution in [1.82, 2.24) is 4.90 Å². The number of rotatable bonds is 3. The molecular weight excluding hydrogens is 158 g/mol. The Morgan fingerprint density at radius 2 is 2.33 bits per heavy atom. The summed E-state index contributed by atoms with van der Waals surface area (Å²) < 4.78 is 0. The molecular formula is C8H15NO3. The first kappa shape index (κ1) is 9.48. The number of β-amino-alcohol motifs (C(OH)–C–C–N with tert-alkyl or cyclic N) is 1. The molecule has 1 aliphatic rings. The SMILES string of the molecule is CC1(O)CCN(CCC(=O)O)C1. The summed E-state index contributed by atoms with van der Waals surface area (Å²) >= 11 is 0. The van der Waals surface area contributed by atoms with Crippen LogP contribution in [0.2, 0.25) is 0 Å². The minimum Gasteiger partial charge on any atom is -0.481 e. The average Bonchev–Trinajstić information content (AvgIpc) is 2.26. The largest absolute Gasteiger partial charge is 0.481 e. The summed E-state index contributed by atoms with van der Waals surface area (Å²) in [6.45, 7) is 3.74. The van der Waals surface area contributed by atoms with Crippen molar-refractivity contribution in [2.24, 2.45) is 0 Å². The van der Waals surface area contributed by atoms with E-state index in [0.29, 0.717) is 13.1 Å². The van der Waals surface area contributed by atoms with Crippen molar-refractivity contribution in [3.05, 3.63) is 0 Å². The molecule has 0 aromatic carbocycles. The Balaban J connectivity index is 2.24. The first-order valence-electron chi connectivity index (χ1n) is 4.16. The molecule has 0 radical (unpaired) electrons. The monoisotopic (exact) mass is 173 g/mol. The molecule has 0 saturated carbocycles. The predicted octanol–water partition coefficient (Wildman–Crippen LogP) is -0.0822. The third-order valence-electron chi connectivity index (χ3n) is 2.17. The highest BCUT2D eigenvalue weighted by atomic mass is 16.4. The number of hydrogen-bond donors (Lipinski definition) is 2. The Morgan fingerprint density at radius 3 is 2.75 bits per heavy atom. The van der Waals surface area contributed by atoms with Crippen LogP contribution in [0.1, 0.15) is 19.8 Å². The molecule has 4 heteroatoms. The molecule has 1 fully saturated rings. The van der Waals surface area contributed by atoms with Gasteiger partial charge in [0.15, 0.2) is 0 Å². The standard InChI is InChI=1S/C8H15NO3/c1-8(12)3-5-9(6-8)4-2-7(10)11/h12H,2-6H2,1H3,(H,10,11). The van der Waals surface area contributed by atoms with Crippen molar-refractivity contribution in [3.63, 3.8) is 0 Å². The van der Waals surface area contributed by atoms with E-state index in [4.69, 9.17) is 5.11 Å². The first-order chi connectivity index (χ1) is 5.49. The Labute approximate surface area is 71.8 Å². The van der Waals surface area contributed by atoms with Crippen molar-refractivity contribution in [2.45, 2.75) is 25.4 Å². The van der Waals surface area contributed by atoms with Crippen LogP contribution in [-0.2, 0) is 4.79 Å². The second kappa shape index (κ2) is 3.41. The summed E-state index contributed by atoms with van der Waals surface area (Å²) in [4.78, 5) is 12.2. The molecule has 12 heavy (non-hydrogen) atoms. The van der Waals surface area contributed by atoms with E-state index in [-0.39, 0.29) is 6.42 Å². The normalized spacial score (nSPS) is 30.8. The minimum atomic E-state index is -0.776. The fourth-order valence-corrected chi connectivity index (χ4v) is 1.48. The molecule has 1 saturated heterocycles. The predicted molar refractivity (Wildman–Crippen MR) is 43.9 cm³/mol. The van der Waals surface area contributed by atoms with E-state index in [9.17, 15) is 9.90 Å². The number of nitrogens with zero attached hydrogens (tertiary/aromatic N) is 1. The Bertz CT molecular complexity index is 179. The number of likely N-dealkylation sites (tertiary alicyclic amines) is 1. The van der Waals surface area contributed by atoms with Crippen molar-refractivity contribution in [1.29, 1.82) is 0 Å². The zero-order valence-corrected chi connectivity index (χ0v) is 7.29. The van der Waals surface area contributed by atoms with Crippen LogP contribution in [-0.4, -0.2) is 46.3 Å². The highest BCUT2D eigenvalue weighted by Gasteiger charge is 2.30. The van der Waals surface area contributed by atoms with Crippen LogP contribution in [0, 0.1) is 0 Å². The third-order valence-corrected chi connectivity index (χ3v) is 2.17. The van der Waals surface area contributed by atoms with Gasteiger partial charge in [0.1, 0.15) is 0 Å². The van der Waals surface area contributed by atoms with Crippen molar-refractivity contribution in [2.75, 3.05) is 19.6 Å². The Kier molecular flexibility index (Phi) is 2.69. The van der Waals surface area contributed by atoms with Gasteiger partial charge in [-0.25, -0.2) is 0 Å². The third kappa shape index (κ3) is 2.79. The van der Waals surface area contributed by atoms with Gasteiger partial charge in [-0.1, -0.05) is 0 Å². The lowest BCUT2D eigenvalue weighted by Crippen LogP contribution is -2.30. The fourth-order valence-electron chi connectivity index (χ4n) is 1.48. The number of carbonyl (C=O) groups is 1. The van der Waals surface area contributed by atoms with Gasteiger partial charge in [-0.15, -0.1) is 0 Å². The number of carboxylic acids is 1. The molecule has 1 unspecified atom stereocenters. The van der Waals surface area contributed by atoms with E-state index in [1.807, 2.05) is 4.90 Å². The van der Waals surface area contributed by atoms with Crippen molar-refractivity contribution >= 4 is 5.97 Å². The summed E-state index contributed by atoms with van der Waals surface area (Å²) in [5, 5.41) is 18.0. The molecule has 0 bridgehead atoms. The lowest BCUT2D eigenvalue weighted by molar-refractivity contribution is -0.137. The highest BCUT2D eigenvalue weighted by molar-refractivity contribution is 5.66. The molecule has 0 aromatic heterocycles. The minimum absolute atomic E-state index is 0.163. The van der Waals surface area contributed by atoms with Gasteiger partial charge in [-0.05, 0) is 13.3 Å². The average molecular weight is 173 g/mol. The van der Waals surface area contributed by atoms with E-state index in [1.54, 1.807) is 6.92 Å². The molecule has 2 N–H and O–H groups in total. The van der Waals surface area contributed by atoms with Crippen molar-refractivity contribution < 1.29 is 15.0 Å². The second-order valence-electron chi connectivity index (χ2n) is 3.67. The molecule has 70 valence electrons. The smallest absolute Gasteiger partial charge is 0.304 e. The lowest BCUT2D eigenvalue weighted by atomic mass is 10.1. The van der Waals surface area contributed by atoms with Crippen LogP contribution in [0.25, 0.3) is 0 Å². The van der Waals surface area contributed by atoms with Crippen LogP contribution >= 0.6 is 0 Å². The summed E-state index contributed by atoms with van der Waals surface area (Å²) in [7, 11) is 0. The topological polar surface area (TPSA) is 60.8 Å². The molecule has 0 amide bonds. The maximum atomic E-state index is 10.2. The quantitative estimate of drug-likeness (QED) is 0.626. The number of hydrogen-bond acceptors (Lipinski definition) is 3. The van der Waals surface area contributed by atoms with Gasteiger partial charge in [-0.3, -0.25) is 9.69 Å². The zero-order valence-electron chi connectivity index (χ0n) is 7.29. The van der Waals surface area contributed by atoms with Gasteiger partial charge in [0.25, 0.3) is 0 Å². The fraction of sp³-hybridized carbons (Fsp3) is 0.875. The van der Waals surface area contributed by atoms with Gasteiger partial charge in [0.2, 0.25) is 0 Å². The molecule has 4 nitrogen and oxygen atoms in total. The molecule has 0 aliphatic carbocycles. The van der Waals surface area contributed by atoms with Crippen LogP contribution in [0.5, 0.6) is 0 Å². The van der Waals surface area contributed by atoms with E-state index >= 15 is 0 Å².